The first-order valence-electron chi connectivity index (χ1n) is 8.75. The van der Waals surface area contributed by atoms with Gasteiger partial charge < -0.3 is 14.7 Å². The van der Waals surface area contributed by atoms with E-state index in [4.69, 9.17) is 9.84 Å². The van der Waals surface area contributed by atoms with Gasteiger partial charge in [-0.2, -0.15) is 0 Å². The highest BCUT2D eigenvalue weighted by Gasteiger charge is 2.61. The Bertz CT molecular complexity index is 759. The Hall–Kier alpha value is -2.07. The summed E-state index contributed by atoms with van der Waals surface area (Å²) in [5.74, 6) is 0.559. The van der Waals surface area contributed by atoms with E-state index in [1.165, 1.54) is 22.8 Å². The standard InChI is InChI=1S/C20H23NO3/c22-9-3-4-10-24-19(23)21-13-18-12-20(18,14-21)17-8-7-15-5-1-2-6-16(15)11-17/h1-2,5-8,11,18,22H,3-4,9-10,12-14H2/t18-,20+/m1/s1. The van der Waals surface area contributed by atoms with E-state index in [1.54, 1.807) is 0 Å². The molecule has 126 valence electrons. The summed E-state index contributed by atoms with van der Waals surface area (Å²) in [6.07, 6.45) is 2.35. The molecule has 1 aliphatic heterocycles. The average Bonchev–Trinajstić information content (AvgIpc) is 3.19. The van der Waals surface area contributed by atoms with Crippen LogP contribution in [0.25, 0.3) is 10.8 Å². The molecule has 0 spiro atoms. The number of aliphatic hydroxyl groups excluding tert-OH is 1. The van der Waals surface area contributed by atoms with Crippen molar-refractivity contribution < 1.29 is 14.6 Å². The molecule has 2 aromatic carbocycles. The van der Waals surface area contributed by atoms with Gasteiger partial charge in [-0.15, -0.1) is 0 Å². The maximum atomic E-state index is 12.2. The molecule has 2 fully saturated rings. The number of benzene rings is 2. The van der Waals surface area contributed by atoms with Crippen LogP contribution < -0.4 is 0 Å². The SMILES string of the molecule is O=C(OCCCCO)N1C[C@H]2C[C@@]2(c2ccc3ccccc3c2)C1. The normalized spacial score (nSPS) is 24.9. The van der Waals surface area contributed by atoms with Gasteiger partial charge in [0.15, 0.2) is 0 Å². The van der Waals surface area contributed by atoms with Gasteiger partial charge >= 0.3 is 6.09 Å². The molecular weight excluding hydrogens is 302 g/mol. The number of fused-ring (bicyclic) bond motifs is 2. The van der Waals surface area contributed by atoms with Crippen molar-refractivity contribution in [3.8, 4) is 0 Å². The molecule has 1 aliphatic carbocycles. The number of piperidine rings is 1. The van der Waals surface area contributed by atoms with Crippen molar-refractivity contribution in [2.24, 2.45) is 5.92 Å². The number of likely N-dealkylation sites (tertiary alicyclic amines) is 1. The Balaban J connectivity index is 1.44. The number of carbonyl (C=O) groups excluding carboxylic acids is 1. The largest absolute Gasteiger partial charge is 0.449 e. The first-order chi connectivity index (χ1) is 11.7. The van der Waals surface area contributed by atoms with Gasteiger partial charge in [-0.1, -0.05) is 42.5 Å². The molecule has 1 amide bonds. The number of hydrogen-bond donors (Lipinski definition) is 1. The first-order valence-corrected chi connectivity index (χ1v) is 8.75. The fraction of sp³-hybridized carbons (Fsp3) is 0.450. The monoisotopic (exact) mass is 325 g/mol. The molecule has 2 aliphatic rings. The van der Waals surface area contributed by atoms with E-state index < -0.39 is 0 Å². The van der Waals surface area contributed by atoms with Gasteiger partial charge in [-0.3, -0.25) is 0 Å². The van der Waals surface area contributed by atoms with E-state index in [0.717, 1.165) is 19.5 Å². The lowest BCUT2D eigenvalue weighted by molar-refractivity contribution is 0.102. The van der Waals surface area contributed by atoms with Gasteiger partial charge in [-0.25, -0.2) is 4.79 Å². The van der Waals surface area contributed by atoms with Crippen LogP contribution in [0.15, 0.2) is 42.5 Å². The number of hydrogen-bond acceptors (Lipinski definition) is 3. The van der Waals surface area contributed by atoms with E-state index in [9.17, 15) is 4.79 Å². The molecule has 4 rings (SSSR count). The van der Waals surface area contributed by atoms with Gasteiger partial charge in [0.25, 0.3) is 0 Å². The second-order valence-corrected chi connectivity index (χ2v) is 7.04. The molecule has 2 atom stereocenters. The summed E-state index contributed by atoms with van der Waals surface area (Å²) in [5.41, 5.74) is 1.48. The summed E-state index contributed by atoms with van der Waals surface area (Å²) in [7, 11) is 0. The van der Waals surface area contributed by atoms with Crippen molar-refractivity contribution in [3.05, 3.63) is 48.0 Å². The Morgan fingerprint density at radius 3 is 2.88 bits per heavy atom. The van der Waals surface area contributed by atoms with Crippen LogP contribution in [-0.4, -0.2) is 42.4 Å². The molecule has 1 saturated carbocycles. The molecule has 0 aromatic heterocycles. The fourth-order valence-corrected chi connectivity index (χ4v) is 4.03. The minimum absolute atomic E-state index is 0.133. The third-order valence-corrected chi connectivity index (χ3v) is 5.51. The van der Waals surface area contributed by atoms with Gasteiger partial charge in [0, 0.05) is 25.1 Å². The highest BCUT2D eigenvalue weighted by Crippen LogP contribution is 2.59. The minimum Gasteiger partial charge on any atom is -0.449 e. The Kier molecular flexibility index (Phi) is 3.93. The molecule has 4 heteroatoms. The van der Waals surface area contributed by atoms with E-state index >= 15 is 0 Å². The molecule has 1 N–H and O–H groups in total. The molecule has 4 nitrogen and oxygen atoms in total. The summed E-state index contributed by atoms with van der Waals surface area (Å²) in [6, 6.07) is 15.1. The predicted molar refractivity (Wildman–Crippen MR) is 93.0 cm³/mol. The van der Waals surface area contributed by atoms with Crippen LogP contribution in [0.5, 0.6) is 0 Å². The van der Waals surface area contributed by atoms with Crippen LogP contribution in [0.3, 0.4) is 0 Å². The number of amides is 1. The van der Waals surface area contributed by atoms with E-state index in [0.29, 0.717) is 18.9 Å². The molecule has 1 heterocycles. The minimum atomic E-state index is -0.208. The van der Waals surface area contributed by atoms with Gasteiger partial charge in [0.05, 0.1) is 6.61 Å². The lowest BCUT2D eigenvalue weighted by Gasteiger charge is -2.21. The highest BCUT2D eigenvalue weighted by molar-refractivity contribution is 5.83. The van der Waals surface area contributed by atoms with Crippen LogP contribution in [-0.2, 0) is 10.2 Å². The van der Waals surface area contributed by atoms with Crippen molar-refractivity contribution in [1.29, 1.82) is 0 Å². The maximum Gasteiger partial charge on any atom is 0.409 e. The molecule has 0 bridgehead atoms. The van der Waals surface area contributed by atoms with Crippen molar-refractivity contribution >= 4 is 16.9 Å². The second-order valence-electron chi connectivity index (χ2n) is 7.04. The summed E-state index contributed by atoms with van der Waals surface area (Å²) in [4.78, 5) is 14.1. The zero-order valence-electron chi connectivity index (χ0n) is 13.8. The smallest absolute Gasteiger partial charge is 0.409 e. The quantitative estimate of drug-likeness (QED) is 0.858. The number of unbranched alkanes of at least 4 members (excludes halogenated alkanes) is 1. The second kappa shape index (κ2) is 6.10. The average molecular weight is 325 g/mol. The third kappa shape index (κ3) is 2.65. The topological polar surface area (TPSA) is 49.8 Å². The number of aliphatic hydroxyl groups is 1. The van der Waals surface area contributed by atoms with Crippen LogP contribution >= 0.6 is 0 Å². The summed E-state index contributed by atoms with van der Waals surface area (Å²) in [6.45, 7) is 2.10. The molecular formula is C20H23NO3. The lowest BCUT2D eigenvalue weighted by atomic mass is 9.93. The lowest BCUT2D eigenvalue weighted by Crippen LogP contribution is -2.33. The van der Waals surface area contributed by atoms with Crippen LogP contribution in [0.4, 0.5) is 4.79 Å². The van der Waals surface area contributed by atoms with Gasteiger partial charge in [-0.05, 0) is 41.5 Å². The number of rotatable bonds is 5. The molecule has 0 radical (unpaired) electrons. The van der Waals surface area contributed by atoms with E-state index in [-0.39, 0.29) is 18.1 Å². The Labute approximate surface area is 142 Å². The summed E-state index contributed by atoms with van der Waals surface area (Å²) < 4.78 is 5.32. The van der Waals surface area contributed by atoms with Crippen LogP contribution in [0.2, 0.25) is 0 Å². The first kappa shape index (κ1) is 15.5. The summed E-state index contributed by atoms with van der Waals surface area (Å²) in [5, 5.41) is 11.3. The molecule has 0 unspecified atom stereocenters. The van der Waals surface area contributed by atoms with Crippen molar-refractivity contribution in [3.63, 3.8) is 0 Å². The van der Waals surface area contributed by atoms with Crippen molar-refractivity contribution in [2.45, 2.75) is 24.7 Å². The van der Waals surface area contributed by atoms with E-state index in [2.05, 4.69) is 42.5 Å². The number of ether oxygens (including phenoxy) is 1. The summed E-state index contributed by atoms with van der Waals surface area (Å²) >= 11 is 0. The zero-order valence-corrected chi connectivity index (χ0v) is 13.8. The molecule has 2 aromatic rings. The Morgan fingerprint density at radius 1 is 1.21 bits per heavy atom. The highest BCUT2D eigenvalue weighted by atomic mass is 16.6. The maximum absolute atomic E-state index is 12.2. The molecule has 24 heavy (non-hydrogen) atoms. The predicted octanol–water partition coefficient (Wildman–Crippen LogP) is 3.32. The van der Waals surface area contributed by atoms with Crippen molar-refractivity contribution in [1.82, 2.24) is 4.90 Å². The van der Waals surface area contributed by atoms with E-state index in [1.807, 2.05) is 4.90 Å². The van der Waals surface area contributed by atoms with Gasteiger partial charge in [0.1, 0.15) is 0 Å². The molecule has 1 saturated heterocycles. The Morgan fingerprint density at radius 2 is 2.04 bits per heavy atom. The van der Waals surface area contributed by atoms with Crippen molar-refractivity contribution in [2.75, 3.05) is 26.3 Å². The zero-order chi connectivity index (χ0) is 16.6. The van der Waals surface area contributed by atoms with Gasteiger partial charge in [0.2, 0.25) is 0 Å². The number of nitrogens with zero attached hydrogens (tertiary/aromatic N) is 1. The van der Waals surface area contributed by atoms with Crippen LogP contribution in [0, 0.1) is 5.92 Å². The number of carbonyl (C=O) groups is 1. The third-order valence-electron chi connectivity index (χ3n) is 5.51. The fourth-order valence-electron chi connectivity index (χ4n) is 4.03. The van der Waals surface area contributed by atoms with Crippen LogP contribution in [0.1, 0.15) is 24.8 Å².